The zero-order chi connectivity index (χ0) is 46.7. The van der Waals surface area contributed by atoms with Crippen molar-refractivity contribution >= 4 is 22.7 Å². The number of ether oxygens (including phenoxy) is 1. The van der Waals surface area contributed by atoms with E-state index in [1.54, 1.807) is 25.6 Å². The summed E-state index contributed by atoms with van der Waals surface area (Å²) in [6.07, 6.45) is 1.68. The third-order valence-electron chi connectivity index (χ3n) is 12.4. The van der Waals surface area contributed by atoms with Gasteiger partial charge in [-0.05, 0) is 127 Å². The van der Waals surface area contributed by atoms with Crippen LogP contribution in [0.1, 0.15) is 60.9 Å². The molecule has 0 spiro atoms. The Morgan fingerprint density at radius 2 is 1.52 bits per heavy atom. The number of anilines is 1. The number of alkyl halides is 3. The highest BCUT2D eigenvalue weighted by molar-refractivity contribution is 5.80. The number of carboxylic acid groups (broad SMARTS) is 1. The molecular formula is C51H49F3N8O5. The van der Waals surface area contributed by atoms with Crippen LogP contribution in [0.5, 0.6) is 0 Å². The quantitative estimate of drug-likeness (QED) is 0.127. The van der Waals surface area contributed by atoms with Crippen molar-refractivity contribution in [1.82, 2.24) is 35.1 Å². The molecule has 0 radical (unpaired) electrons. The van der Waals surface area contributed by atoms with Gasteiger partial charge in [0, 0.05) is 60.7 Å². The monoisotopic (exact) mass is 910 g/mol. The van der Waals surface area contributed by atoms with Crippen molar-refractivity contribution in [3.05, 3.63) is 131 Å². The SMILES string of the molecule is CCc1ccccc1-c1ccc(-c2nc(-c3ccc4c(c3)CN(CC(=O)O)CC4)no2)cc1COC.C[C@H]1CCCCN1c1ccc(-c2nc(-c3ccc4nc[nH]c4c3)no2)cc1C(F)(F)F. The first kappa shape index (κ1) is 45.0. The van der Waals surface area contributed by atoms with Gasteiger partial charge in [-0.3, -0.25) is 9.69 Å². The lowest BCUT2D eigenvalue weighted by atomic mass is 9.93. The Kier molecular flexibility index (Phi) is 13.0. The van der Waals surface area contributed by atoms with Crippen molar-refractivity contribution in [3.8, 4) is 56.8 Å². The van der Waals surface area contributed by atoms with Gasteiger partial charge in [0.2, 0.25) is 11.6 Å². The third kappa shape index (κ3) is 9.86. The number of aryl methyl sites for hydroxylation is 1. The van der Waals surface area contributed by atoms with Crippen molar-refractivity contribution < 1.29 is 36.9 Å². The summed E-state index contributed by atoms with van der Waals surface area (Å²) in [6.45, 7) is 6.60. The second-order valence-electron chi connectivity index (χ2n) is 16.9. The minimum absolute atomic E-state index is 0.0402. The van der Waals surface area contributed by atoms with Gasteiger partial charge in [0.1, 0.15) is 0 Å². The number of hydrogen-bond donors (Lipinski definition) is 2. The van der Waals surface area contributed by atoms with Gasteiger partial charge in [0.05, 0.1) is 36.1 Å². The molecule has 0 unspecified atom stereocenters. The molecule has 0 bridgehead atoms. The highest BCUT2D eigenvalue weighted by Gasteiger charge is 2.37. The molecule has 0 aliphatic carbocycles. The zero-order valence-electron chi connectivity index (χ0n) is 37.3. The molecule has 2 aliphatic rings. The predicted molar refractivity (Wildman–Crippen MR) is 248 cm³/mol. The maximum absolute atomic E-state index is 13.9. The molecule has 0 amide bonds. The van der Waals surface area contributed by atoms with Gasteiger partial charge >= 0.3 is 12.1 Å². The van der Waals surface area contributed by atoms with Crippen LogP contribution in [0.25, 0.3) is 67.8 Å². The molecule has 1 fully saturated rings. The fraction of sp³-hybridized carbons (Fsp3) is 0.294. The first-order valence-corrected chi connectivity index (χ1v) is 22.3. The number of imidazole rings is 1. The Balaban J connectivity index is 0.000000170. The van der Waals surface area contributed by atoms with Crippen LogP contribution < -0.4 is 4.90 Å². The van der Waals surface area contributed by atoms with Crippen LogP contribution in [0.3, 0.4) is 0 Å². The van der Waals surface area contributed by atoms with E-state index in [9.17, 15) is 18.0 Å². The van der Waals surface area contributed by atoms with Gasteiger partial charge in [-0.15, -0.1) is 0 Å². The molecule has 10 rings (SSSR count). The molecule has 1 atom stereocenters. The number of fused-ring (bicyclic) bond motifs is 2. The molecule has 0 saturated carbocycles. The second-order valence-corrected chi connectivity index (χ2v) is 16.9. The molecule has 67 heavy (non-hydrogen) atoms. The van der Waals surface area contributed by atoms with Crippen LogP contribution in [-0.4, -0.2) is 79.0 Å². The maximum atomic E-state index is 13.9. The molecule has 5 aromatic carbocycles. The number of rotatable bonds is 11. The fourth-order valence-electron chi connectivity index (χ4n) is 9.03. The number of aromatic amines is 1. The van der Waals surface area contributed by atoms with Crippen molar-refractivity contribution in [2.75, 3.05) is 31.6 Å². The molecular weight excluding hydrogens is 862 g/mol. The van der Waals surface area contributed by atoms with Crippen LogP contribution in [0.2, 0.25) is 0 Å². The lowest BCUT2D eigenvalue weighted by molar-refractivity contribution is -0.139. The van der Waals surface area contributed by atoms with E-state index in [1.165, 1.54) is 22.8 Å². The number of H-pyrrole nitrogens is 1. The van der Waals surface area contributed by atoms with E-state index in [1.807, 2.05) is 47.1 Å². The fourth-order valence-corrected chi connectivity index (χ4v) is 9.03. The van der Waals surface area contributed by atoms with E-state index < -0.39 is 17.7 Å². The second kappa shape index (κ2) is 19.4. The topological polar surface area (TPSA) is 160 Å². The molecule has 13 nitrogen and oxygen atoms in total. The molecule has 1 saturated heterocycles. The summed E-state index contributed by atoms with van der Waals surface area (Å²) in [5.41, 5.74) is 10.8. The summed E-state index contributed by atoms with van der Waals surface area (Å²) in [6, 6.07) is 30.4. The molecule has 3 aromatic heterocycles. The number of benzene rings is 5. The normalized spacial score (nSPS) is 15.3. The smallest absolute Gasteiger partial charge is 0.418 e. The van der Waals surface area contributed by atoms with Crippen LogP contribution in [0.4, 0.5) is 18.9 Å². The van der Waals surface area contributed by atoms with E-state index in [4.69, 9.17) is 18.9 Å². The van der Waals surface area contributed by atoms with Gasteiger partial charge in [-0.1, -0.05) is 59.7 Å². The lowest BCUT2D eigenvalue weighted by Gasteiger charge is -2.37. The highest BCUT2D eigenvalue weighted by Crippen LogP contribution is 2.41. The Labute approximate surface area is 384 Å². The molecule has 2 N–H and O–H groups in total. The Morgan fingerprint density at radius 3 is 2.25 bits per heavy atom. The Bertz CT molecular complexity index is 3030. The van der Waals surface area contributed by atoms with E-state index in [2.05, 4.69) is 79.6 Å². The number of carbonyl (C=O) groups is 1. The Hall–Kier alpha value is -7.17. The minimum Gasteiger partial charge on any atom is -0.480 e. The van der Waals surface area contributed by atoms with Crippen molar-refractivity contribution in [3.63, 3.8) is 0 Å². The maximum Gasteiger partial charge on any atom is 0.418 e. The van der Waals surface area contributed by atoms with Crippen molar-refractivity contribution in [2.45, 2.75) is 71.3 Å². The average Bonchev–Trinajstić information content (AvgIpc) is 4.14. The molecule has 16 heteroatoms. The number of methoxy groups -OCH3 is 1. The molecule has 344 valence electrons. The van der Waals surface area contributed by atoms with Crippen LogP contribution in [-0.2, 0) is 41.7 Å². The number of carboxylic acids is 1. The summed E-state index contributed by atoms with van der Waals surface area (Å²) in [7, 11) is 1.70. The molecule has 8 aromatic rings. The van der Waals surface area contributed by atoms with Gasteiger partial charge in [0.15, 0.2) is 0 Å². The number of nitrogens with zero attached hydrogens (tertiary/aromatic N) is 7. The lowest BCUT2D eigenvalue weighted by Crippen LogP contribution is -2.38. The number of aromatic nitrogens is 6. The van der Waals surface area contributed by atoms with E-state index in [0.29, 0.717) is 42.8 Å². The summed E-state index contributed by atoms with van der Waals surface area (Å²) in [4.78, 5) is 31.1. The van der Waals surface area contributed by atoms with Crippen LogP contribution in [0.15, 0.2) is 112 Å². The number of halogens is 3. The third-order valence-corrected chi connectivity index (χ3v) is 12.4. The van der Waals surface area contributed by atoms with Gasteiger partial charge in [-0.25, -0.2) is 4.98 Å². The zero-order valence-corrected chi connectivity index (χ0v) is 37.3. The summed E-state index contributed by atoms with van der Waals surface area (Å²) >= 11 is 0. The van der Waals surface area contributed by atoms with Crippen LogP contribution >= 0.6 is 0 Å². The number of aliphatic carboxylic acids is 1. The van der Waals surface area contributed by atoms with E-state index in [0.717, 1.165) is 83.6 Å². The predicted octanol–water partition coefficient (Wildman–Crippen LogP) is 10.9. The summed E-state index contributed by atoms with van der Waals surface area (Å²) in [5, 5.41) is 17.3. The van der Waals surface area contributed by atoms with Gasteiger partial charge in [0.25, 0.3) is 11.8 Å². The minimum atomic E-state index is -4.49. The first-order valence-electron chi connectivity index (χ1n) is 22.3. The van der Waals surface area contributed by atoms with Gasteiger partial charge < -0.3 is 28.8 Å². The van der Waals surface area contributed by atoms with E-state index >= 15 is 0 Å². The number of hydrogen-bond acceptors (Lipinski definition) is 11. The highest BCUT2D eigenvalue weighted by atomic mass is 19.4. The van der Waals surface area contributed by atoms with Crippen molar-refractivity contribution in [1.29, 1.82) is 0 Å². The first-order chi connectivity index (χ1) is 32.4. The largest absolute Gasteiger partial charge is 0.480 e. The number of nitrogens with one attached hydrogen (secondary N) is 1. The molecule has 2 aliphatic heterocycles. The van der Waals surface area contributed by atoms with E-state index in [-0.39, 0.29) is 29.7 Å². The summed E-state index contributed by atoms with van der Waals surface area (Å²) < 4.78 is 58.2. The standard InChI is InChI=1S/C29H29N3O4.C22H20F3N5O/c1-3-19-6-4-5-7-25(19)26-11-10-22(15-24(26)18-35-2)29-30-28(31-36-29)21-9-8-20-12-13-32(17-27(33)34)16-23(20)14-21;1-13-4-2-3-9-30(13)19-8-6-15(10-16(19)22(23,24)25)21-28-20(29-31-21)14-5-7-17-18(11-14)27-12-26-17/h4-11,14-15H,3,12-13,16-18H2,1-2H3,(H,33,34);5-8,10-13H,2-4,9H2,1H3,(H,26,27)/t;13-/m.0/s1. The number of piperidine rings is 1. The average molecular weight is 911 g/mol. The van der Waals surface area contributed by atoms with Crippen molar-refractivity contribution in [2.24, 2.45) is 0 Å². The van der Waals surface area contributed by atoms with Gasteiger partial charge in [-0.2, -0.15) is 23.1 Å². The summed E-state index contributed by atoms with van der Waals surface area (Å²) in [5.74, 6) is 0.492. The Morgan fingerprint density at radius 1 is 0.821 bits per heavy atom. The van der Waals surface area contributed by atoms with Crippen LogP contribution in [0, 0.1) is 0 Å². The molecule has 5 heterocycles.